The molecule has 3 rings (SSSR count). The summed E-state index contributed by atoms with van der Waals surface area (Å²) in [6.45, 7) is 0. The first-order valence-electron chi connectivity index (χ1n) is 6.24. The molecule has 0 radical (unpaired) electrons. The van der Waals surface area contributed by atoms with Crippen molar-refractivity contribution in [1.82, 2.24) is 4.98 Å². The van der Waals surface area contributed by atoms with E-state index in [0.29, 0.717) is 16.4 Å². The molecule has 21 heavy (non-hydrogen) atoms. The third-order valence-corrected chi connectivity index (χ3v) is 3.66. The van der Waals surface area contributed by atoms with Gasteiger partial charge >= 0.3 is 0 Å². The molecule has 0 bridgehead atoms. The third-order valence-electron chi connectivity index (χ3n) is 2.91. The zero-order valence-corrected chi connectivity index (χ0v) is 11.7. The summed E-state index contributed by atoms with van der Waals surface area (Å²) in [7, 11) is 0. The van der Waals surface area contributed by atoms with E-state index >= 15 is 0 Å². The second-order valence-corrected chi connectivity index (χ2v) is 5.19. The first-order valence-corrected chi connectivity index (χ1v) is 7.12. The number of rotatable bonds is 3. The minimum absolute atomic E-state index is 0.319. The van der Waals surface area contributed by atoms with E-state index in [1.54, 1.807) is 30.3 Å². The van der Waals surface area contributed by atoms with Crippen LogP contribution >= 0.6 is 11.3 Å². The average molecular weight is 295 g/mol. The molecule has 0 saturated carbocycles. The van der Waals surface area contributed by atoms with Crippen molar-refractivity contribution < 1.29 is 4.39 Å². The highest BCUT2D eigenvalue weighted by Gasteiger charge is 2.07. The molecular weight excluding hydrogens is 285 g/mol. The van der Waals surface area contributed by atoms with Crippen molar-refractivity contribution in [3.05, 3.63) is 65.3 Å². The summed E-state index contributed by atoms with van der Waals surface area (Å²) in [5.41, 5.74) is 2.61. The smallest absolute Gasteiger partial charge is 0.187 e. The van der Waals surface area contributed by atoms with Crippen LogP contribution in [-0.2, 0) is 0 Å². The highest BCUT2D eigenvalue weighted by Crippen LogP contribution is 2.28. The van der Waals surface area contributed by atoms with E-state index in [4.69, 9.17) is 5.26 Å². The summed E-state index contributed by atoms with van der Waals surface area (Å²) in [5, 5.41) is 14.4. The van der Waals surface area contributed by atoms with Crippen molar-refractivity contribution in [2.24, 2.45) is 0 Å². The first-order chi connectivity index (χ1) is 10.3. The zero-order valence-electron chi connectivity index (χ0n) is 10.9. The Balaban J connectivity index is 1.87. The number of benzene rings is 2. The molecule has 1 aromatic heterocycles. The Morgan fingerprint density at radius 3 is 2.81 bits per heavy atom. The van der Waals surface area contributed by atoms with Gasteiger partial charge in [0.25, 0.3) is 0 Å². The van der Waals surface area contributed by atoms with Gasteiger partial charge in [0.2, 0.25) is 0 Å². The highest BCUT2D eigenvalue weighted by atomic mass is 32.1. The first kappa shape index (κ1) is 13.3. The molecule has 0 unspecified atom stereocenters. The number of para-hydroxylation sites is 1. The number of hydrogen-bond donors (Lipinski definition) is 1. The van der Waals surface area contributed by atoms with Crippen LogP contribution in [0.15, 0.2) is 53.9 Å². The number of anilines is 2. The van der Waals surface area contributed by atoms with Crippen LogP contribution < -0.4 is 5.32 Å². The molecule has 0 atom stereocenters. The number of nitrogens with zero attached hydrogens (tertiary/aromatic N) is 2. The molecule has 5 heteroatoms. The van der Waals surface area contributed by atoms with E-state index in [2.05, 4.69) is 16.4 Å². The van der Waals surface area contributed by atoms with Crippen molar-refractivity contribution >= 4 is 22.2 Å². The lowest BCUT2D eigenvalue weighted by Crippen LogP contribution is -1.92. The second kappa shape index (κ2) is 5.73. The van der Waals surface area contributed by atoms with Gasteiger partial charge in [-0.3, -0.25) is 0 Å². The van der Waals surface area contributed by atoms with Gasteiger partial charge in [-0.05, 0) is 24.3 Å². The van der Waals surface area contributed by atoms with Crippen LogP contribution in [0.3, 0.4) is 0 Å². The molecule has 0 saturated heterocycles. The Morgan fingerprint density at radius 1 is 1.14 bits per heavy atom. The van der Waals surface area contributed by atoms with Gasteiger partial charge in [0.15, 0.2) is 5.13 Å². The van der Waals surface area contributed by atoms with Crippen molar-refractivity contribution in [1.29, 1.82) is 5.26 Å². The number of aromatic nitrogens is 1. The third kappa shape index (κ3) is 2.91. The maximum Gasteiger partial charge on any atom is 0.187 e. The zero-order chi connectivity index (χ0) is 14.7. The van der Waals surface area contributed by atoms with Crippen LogP contribution in [0.2, 0.25) is 0 Å². The Bertz CT molecular complexity index is 820. The standard InChI is InChI=1S/C16H10FN3S/c17-13-6-1-2-7-14(13)19-16-20-15(10-21-16)12-5-3-4-11(8-12)9-18/h1-8,10H,(H,19,20). The molecule has 1 heterocycles. The summed E-state index contributed by atoms with van der Waals surface area (Å²) in [5.74, 6) is -0.319. The van der Waals surface area contributed by atoms with Gasteiger partial charge in [0.05, 0.1) is 23.0 Å². The molecule has 102 valence electrons. The number of thiazole rings is 1. The molecule has 0 fully saturated rings. The molecular formula is C16H10FN3S. The lowest BCUT2D eigenvalue weighted by molar-refractivity contribution is 0.632. The lowest BCUT2D eigenvalue weighted by atomic mass is 10.1. The van der Waals surface area contributed by atoms with Crippen LogP contribution in [0.1, 0.15) is 5.56 Å². The maximum atomic E-state index is 13.6. The van der Waals surface area contributed by atoms with Crippen LogP contribution in [-0.4, -0.2) is 4.98 Å². The van der Waals surface area contributed by atoms with Crippen LogP contribution in [0, 0.1) is 17.1 Å². The number of nitriles is 1. The van der Waals surface area contributed by atoms with Crippen molar-refractivity contribution in [3.63, 3.8) is 0 Å². The summed E-state index contributed by atoms with van der Waals surface area (Å²) in [4.78, 5) is 4.42. The van der Waals surface area contributed by atoms with Crippen molar-refractivity contribution in [2.45, 2.75) is 0 Å². The molecule has 0 spiro atoms. The number of nitrogens with one attached hydrogen (secondary N) is 1. The van der Waals surface area contributed by atoms with Gasteiger partial charge in [-0.1, -0.05) is 24.3 Å². The average Bonchev–Trinajstić information content (AvgIpc) is 2.98. The summed E-state index contributed by atoms with van der Waals surface area (Å²) < 4.78 is 13.6. The predicted octanol–water partition coefficient (Wildman–Crippen LogP) is 4.56. The second-order valence-electron chi connectivity index (χ2n) is 4.34. The lowest BCUT2D eigenvalue weighted by Gasteiger charge is -2.03. The fourth-order valence-electron chi connectivity index (χ4n) is 1.89. The van der Waals surface area contributed by atoms with E-state index in [1.807, 2.05) is 17.5 Å². The van der Waals surface area contributed by atoms with E-state index in [0.717, 1.165) is 11.3 Å². The topological polar surface area (TPSA) is 48.7 Å². The van der Waals surface area contributed by atoms with Gasteiger partial charge in [0.1, 0.15) is 5.82 Å². The SMILES string of the molecule is N#Cc1cccc(-c2csc(Nc3ccccc3F)n2)c1. The number of hydrogen-bond acceptors (Lipinski definition) is 4. The molecule has 3 nitrogen and oxygen atoms in total. The van der Waals surface area contributed by atoms with Crippen LogP contribution in [0.5, 0.6) is 0 Å². The minimum atomic E-state index is -0.319. The van der Waals surface area contributed by atoms with Crippen molar-refractivity contribution in [3.8, 4) is 17.3 Å². The van der Waals surface area contributed by atoms with Gasteiger partial charge in [-0.15, -0.1) is 11.3 Å². The van der Waals surface area contributed by atoms with Gasteiger partial charge < -0.3 is 5.32 Å². The Hall–Kier alpha value is -2.71. The molecule has 2 aromatic carbocycles. The largest absolute Gasteiger partial charge is 0.329 e. The Kier molecular flexibility index (Phi) is 3.63. The van der Waals surface area contributed by atoms with Crippen molar-refractivity contribution in [2.75, 3.05) is 5.32 Å². The monoisotopic (exact) mass is 295 g/mol. The molecule has 0 aliphatic carbocycles. The fraction of sp³-hybridized carbons (Fsp3) is 0. The van der Waals surface area contributed by atoms with E-state index in [9.17, 15) is 4.39 Å². The summed E-state index contributed by atoms with van der Waals surface area (Å²) >= 11 is 1.39. The molecule has 0 amide bonds. The van der Waals surface area contributed by atoms with Gasteiger partial charge in [0, 0.05) is 10.9 Å². The number of halogens is 1. The van der Waals surface area contributed by atoms with E-state index in [-0.39, 0.29) is 5.82 Å². The fourth-order valence-corrected chi connectivity index (χ4v) is 2.62. The van der Waals surface area contributed by atoms with Crippen LogP contribution in [0.25, 0.3) is 11.3 Å². The molecule has 1 N–H and O–H groups in total. The minimum Gasteiger partial charge on any atom is -0.329 e. The maximum absolute atomic E-state index is 13.6. The summed E-state index contributed by atoms with van der Waals surface area (Å²) in [6, 6.07) is 15.8. The molecule has 3 aromatic rings. The molecule has 0 aliphatic rings. The quantitative estimate of drug-likeness (QED) is 0.770. The van der Waals surface area contributed by atoms with E-state index < -0.39 is 0 Å². The molecule has 0 aliphatic heterocycles. The predicted molar refractivity (Wildman–Crippen MR) is 81.9 cm³/mol. The Labute approximate surface area is 125 Å². The van der Waals surface area contributed by atoms with Crippen LogP contribution in [0.4, 0.5) is 15.2 Å². The van der Waals surface area contributed by atoms with Gasteiger partial charge in [-0.25, -0.2) is 9.37 Å². The Morgan fingerprint density at radius 2 is 2.00 bits per heavy atom. The summed E-state index contributed by atoms with van der Waals surface area (Å²) in [6.07, 6.45) is 0. The normalized spacial score (nSPS) is 10.1. The van der Waals surface area contributed by atoms with Gasteiger partial charge in [-0.2, -0.15) is 5.26 Å². The van der Waals surface area contributed by atoms with E-state index in [1.165, 1.54) is 17.4 Å². The highest BCUT2D eigenvalue weighted by molar-refractivity contribution is 7.14.